The molecular formula is C14H21N3O2. The molecule has 0 aliphatic carbocycles. The first-order chi connectivity index (χ1) is 8.88. The van der Waals surface area contributed by atoms with E-state index < -0.39 is 5.41 Å². The Morgan fingerprint density at radius 3 is 2.53 bits per heavy atom. The van der Waals surface area contributed by atoms with Crippen LogP contribution in [-0.4, -0.2) is 24.0 Å². The fourth-order valence-corrected chi connectivity index (χ4v) is 1.97. The lowest BCUT2D eigenvalue weighted by atomic mass is 9.84. The lowest BCUT2D eigenvalue weighted by molar-refractivity contribution is -0.124. The Morgan fingerprint density at radius 1 is 1.47 bits per heavy atom. The van der Waals surface area contributed by atoms with E-state index in [1.807, 2.05) is 38.1 Å². The minimum absolute atomic E-state index is 0.0690. The van der Waals surface area contributed by atoms with Crippen LogP contribution in [-0.2, 0) is 4.79 Å². The first-order valence-corrected chi connectivity index (χ1v) is 6.20. The highest BCUT2D eigenvalue weighted by Crippen LogP contribution is 2.28. The molecule has 1 aromatic carbocycles. The number of amides is 1. The van der Waals surface area contributed by atoms with Crippen molar-refractivity contribution in [3.05, 3.63) is 29.8 Å². The number of benzene rings is 1. The highest BCUT2D eigenvalue weighted by molar-refractivity contribution is 6.12. The van der Waals surface area contributed by atoms with Crippen LogP contribution in [0.15, 0.2) is 29.4 Å². The third kappa shape index (κ3) is 2.70. The van der Waals surface area contributed by atoms with Gasteiger partial charge in [-0.2, -0.15) is 0 Å². The number of nitrogens with two attached hydrogens (primary N) is 1. The second-order valence-corrected chi connectivity index (χ2v) is 4.82. The maximum atomic E-state index is 12.6. The van der Waals surface area contributed by atoms with Crippen LogP contribution in [0.1, 0.15) is 25.8 Å². The SMILES string of the molecule is CCC(C)(C(=O)N(C)c1ccccc1C)/C(N)=N/O. The zero-order valence-corrected chi connectivity index (χ0v) is 11.8. The van der Waals surface area contributed by atoms with Crippen LogP contribution in [0.25, 0.3) is 0 Å². The van der Waals surface area contributed by atoms with Gasteiger partial charge in [-0.3, -0.25) is 4.79 Å². The normalized spacial score (nSPS) is 14.8. The van der Waals surface area contributed by atoms with Crippen LogP contribution < -0.4 is 10.6 Å². The highest BCUT2D eigenvalue weighted by atomic mass is 16.4. The van der Waals surface area contributed by atoms with Crippen molar-refractivity contribution in [2.75, 3.05) is 11.9 Å². The second kappa shape index (κ2) is 5.73. The van der Waals surface area contributed by atoms with Crippen molar-refractivity contribution in [2.45, 2.75) is 27.2 Å². The van der Waals surface area contributed by atoms with Gasteiger partial charge in [0, 0.05) is 12.7 Å². The van der Waals surface area contributed by atoms with Gasteiger partial charge in [0.2, 0.25) is 5.91 Å². The summed E-state index contributed by atoms with van der Waals surface area (Å²) >= 11 is 0. The number of aryl methyl sites for hydroxylation is 1. The van der Waals surface area contributed by atoms with Gasteiger partial charge in [-0.1, -0.05) is 30.3 Å². The molecule has 1 rings (SSSR count). The second-order valence-electron chi connectivity index (χ2n) is 4.82. The van der Waals surface area contributed by atoms with Crippen molar-refractivity contribution < 1.29 is 10.0 Å². The highest BCUT2D eigenvalue weighted by Gasteiger charge is 2.39. The van der Waals surface area contributed by atoms with Crippen molar-refractivity contribution in [1.29, 1.82) is 0 Å². The Labute approximate surface area is 113 Å². The monoisotopic (exact) mass is 263 g/mol. The van der Waals surface area contributed by atoms with E-state index >= 15 is 0 Å². The summed E-state index contributed by atoms with van der Waals surface area (Å²) < 4.78 is 0. The Morgan fingerprint density at radius 2 is 2.05 bits per heavy atom. The van der Waals surface area contributed by atoms with Gasteiger partial charge in [-0.25, -0.2) is 0 Å². The van der Waals surface area contributed by atoms with Gasteiger partial charge in [-0.05, 0) is 31.9 Å². The number of nitrogens with zero attached hydrogens (tertiary/aromatic N) is 2. The summed E-state index contributed by atoms with van der Waals surface area (Å²) in [4.78, 5) is 14.2. The van der Waals surface area contributed by atoms with E-state index in [-0.39, 0.29) is 11.7 Å². The van der Waals surface area contributed by atoms with Crippen LogP contribution in [0, 0.1) is 12.3 Å². The van der Waals surface area contributed by atoms with Crippen LogP contribution in [0.5, 0.6) is 0 Å². The molecule has 1 aromatic rings. The maximum Gasteiger partial charge on any atom is 0.240 e. The van der Waals surface area contributed by atoms with Crippen molar-refractivity contribution in [3.8, 4) is 0 Å². The molecular weight excluding hydrogens is 242 g/mol. The molecule has 0 heterocycles. The number of anilines is 1. The molecule has 0 saturated carbocycles. The topological polar surface area (TPSA) is 78.9 Å². The summed E-state index contributed by atoms with van der Waals surface area (Å²) in [5.74, 6) is -0.264. The largest absolute Gasteiger partial charge is 0.409 e. The maximum absolute atomic E-state index is 12.6. The number of oxime groups is 1. The summed E-state index contributed by atoms with van der Waals surface area (Å²) in [6, 6.07) is 7.60. The molecule has 0 saturated heterocycles. The molecule has 1 atom stereocenters. The number of amidine groups is 1. The lowest BCUT2D eigenvalue weighted by Gasteiger charge is -2.31. The van der Waals surface area contributed by atoms with E-state index in [1.165, 1.54) is 0 Å². The minimum atomic E-state index is -1.01. The molecule has 0 fully saturated rings. The van der Waals surface area contributed by atoms with Crippen LogP contribution in [0.4, 0.5) is 5.69 Å². The minimum Gasteiger partial charge on any atom is -0.409 e. The van der Waals surface area contributed by atoms with Crippen molar-refractivity contribution >= 4 is 17.4 Å². The lowest BCUT2D eigenvalue weighted by Crippen LogP contribution is -2.48. The van der Waals surface area contributed by atoms with E-state index in [2.05, 4.69) is 5.16 Å². The fraction of sp³-hybridized carbons (Fsp3) is 0.429. The molecule has 0 bridgehead atoms. The molecule has 1 unspecified atom stereocenters. The summed E-state index contributed by atoms with van der Waals surface area (Å²) in [5, 5.41) is 11.8. The van der Waals surface area contributed by atoms with E-state index in [1.54, 1.807) is 18.9 Å². The average Bonchev–Trinajstić information content (AvgIpc) is 2.44. The quantitative estimate of drug-likeness (QED) is 0.378. The molecule has 0 radical (unpaired) electrons. The summed E-state index contributed by atoms with van der Waals surface area (Å²) in [6.45, 7) is 5.45. The number of carbonyl (C=O) groups excluding carboxylic acids is 1. The van der Waals surface area contributed by atoms with Crippen molar-refractivity contribution in [1.82, 2.24) is 0 Å². The van der Waals surface area contributed by atoms with Gasteiger partial charge in [0.05, 0.1) is 0 Å². The van der Waals surface area contributed by atoms with Crippen LogP contribution in [0.3, 0.4) is 0 Å². The van der Waals surface area contributed by atoms with Gasteiger partial charge >= 0.3 is 0 Å². The van der Waals surface area contributed by atoms with E-state index in [9.17, 15) is 4.79 Å². The Kier molecular flexibility index (Phi) is 4.53. The number of para-hydroxylation sites is 1. The van der Waals surface area contributed by atoms with E-state index in [0.717, 1.165) is 11.3 Å². The third-order valence-corrected chi connectivity index (χ3v) is 3.63. The van der Waals surface area contributed by atoms with Gasteiger partial charge in [-0.15, -0.1) is 0 Å². The van der Waals surface area contributed by atoms with Gasteiger partial charge in [0.25, 0.3) is 0 Å². The average molecular weight is 263 g/mol. The van der Waals surface area contributed by atoms with Crippen LogP contribution >= 0.6 is 0 Å². The predicted molar refractivity (Wildman–Crippen MR) is 76.4 cm³/mol. The standard InChI is InChI=1S/C14H21N3O2/c1-5-14(3,12(15)16-19)13(18)17(4)11-9-7-6-8-10(11)2/h6-9,19H,5H2,1-4H3,(H2,15,16). The van der Waals surface area contributed by atoms with Gasteiger partial charge < -0.3 is 15.8 Å². The number of hydrogen-bond donors (Lipinski definition) is 2. The van der Waals surface area contributed by atoms with Gasteiger partial charge in [0.1, 0.15) is 5.41 Å². The zero-order chi connectivity index (χ0) is 14.6. The Hall–Kier alpha value is -2.04. The van der Waals surface area contributed by atoms with Crippen molar-refractivity contribution in [2.24, 2.45) is 16.3 Å². The van der Waals surface area contributed by atoms with Crippen molar-refractivity contribution in [3.63, 3.8) is 0 Å². The molecule has 104 valence electrons. The number of carbonyl (C=O) groups is 1. The Bertz CT molecular complexity index is 499. The molecule has 0 aliphatic heterocycles. The number of rotatable bonds is 4. The van der Waals surface area contributed by atoms with E-state index in [0.29, 0.717) is 6.42 Å². The molecule has 5 nitrogen and oxygen atoms in total. The smallest absolute Gasteiger partial charge is 0.240 e. The summed E-state index contributed by atoms with van der Waals surface area (Å²) in [5.41, 5.74) is 6.48. The zero-order valence-electron chi connectivity index (χ0n) is 11.8. The molecule has 0 aromatic heterocycles. The molecule has 3 N–H and O–H groups in total. The fourth-order valence-electron chi connectivity index (χ4n) is 1.97. The number of hydrogen-bond acceptors (Lipinski definition) is 3. The van der Waals surface area contributed by atoms with Crippen LogP contribution in [0.2, 0.25) is 0 Å². The Balaban J connectivity index is 3.16. The molecule has 0 aliphatic rings. The summed E-state index contributed by atoms with van der Waals surface area (Å²) in [7, 11) is 1.70. The third-order valence-electron chi connectivity index (χ3n) is 3.63. The summed E-state index contributed by atoms with van der Waals surface area (Å²) in [6.07, 6.45) is 0.456. The molecule has 1 amide bonds. The molecule has 19 heavy (non-hydrogen) atoms. The molecule has 5 heteroatoms. The molecule has 0 spiro atoms. The van der Waals surface area contributed by atoms with Gasteiger partial charge in [0.15, 0.2) is 5.84 Å². The van der Waals surface area contributed by atoms with E-state index in [4.69, 9.17) is 10.9 Å². The first-order valence-electron chi connectivity index (χ1n) is 6.20. The first kappa shape index (κ1) is 15.0. The predicted octanol–water partition coefficient (Wildman–Crippen LogP) is 2.12.